The first-order valence-electron chi connectivity index (χ1n) is 5.49. The molecule has 0 bridgehead atoms. The second-order valence-electron chi connectivity index (χ2n) is 4.13. The Morgan fingerprint density at radius 2 is 1.88 bits per heavy atom. The minimum Gasteiger partial charge on any atom is -0.394 e. The molecule has 96 valence electrons. The average Bonchev–Trinajstić information content (AvgIpc) is 2.26. The van der Waals surface area contributed by atoms with Gasteiger partial charge in [-0.15, -0.1) is 0 Å². The number of benzene rings is 1. The van der Waals surface area contributed by atoms with Crippen LogP contribution in [0.4, 0.5) is 0 Å². The smallest absolute Gasteiger partial charge is 0.0627 e. The summed E-state index contributed by atoms with van der Waals surface area (Å²) in [4.78, 5) is 2.07. The average molecular weight is 277 g/mol. The number of likely N-dealkylation sites (N-methyl/N-ethyl adjacent to an activating group) is 1. The minimum atomic E-state index is -0.226. The van der Waals surface area contributed by atoms with Crippen molar-refractivity contribution in [2.75, 3.05) is 33.8 Å². The first-order chi connectivity index (χ1) is 8.06. The third-order valence-electron chi connectivity index (χ3n) is 2.48. The van der Waals surface area contributed by atoms with E-state index in [0.717, 1.165) is 18.7 Å². The van der Waals surface area contributed by atoms with Gasteiger partial charge in [-0.2, -0.15) is 0 Å². The summed E-state index contributed by atoms with van der Waals surface area (Å²) in [5, 5.41) is 13.8. The zero-order valence-corrected chi connectivity index (χ0v) is 11.6. The highest BCUT2D eigenvalue weighted by Crippen LogP contribution is 2.29. The van der Waals surface area contributed by atoms with Crippen molar-refractivity contribution in [2.45, 2.75) is 6.04 Å². The number of rotatable bonds is 6. The van der Waals surface area contributed by atoms with E-state index in [0.29, 0.717) is 10.0 Å². The molecular formula is C12H18Cl2N2O. The Hall–Kier alpha value is -0.320. The zero-order valence-electron chi connectivity index (χ0n) is 10.1. The van der Waals surface area contributed by atoms with Gasteiger partial charge < -0.3 is 15.3 Å². The Labute approximate surface area is 112 Å². The van der Waals surface area contributed by atoms with Crippen LogP contribution in [0.1, 0.15) is 11.6 Å². The maximum atomic E-state index is 9.40. The molecule has 1 aromatic rings. The standard InChI is InChI=1S/C12H18Cl2N2O/c1-16(2)7-6-15-11(8-17)12-9(13)4-3-5-10(12)14/h3-5,11,15,17H,6-8H2,1-2H3. The summed E-state index contributed by atoms with van der Waals surface area (Å²) in [6.07, 6.45) is 0. The Morgan fingerprint density at radius 3 is 2.35 bits per heavy atom. The van der Waals surface area contributed by atoms with Crippen molar-refractivity contribution < 1.29 is 5.11 Å². The third kappa shape index (κ3) is 4.45. The molecule has 3 nitrogen and oxygen atoms in total. The summed E-state index contributed by atoms with van der Waals surface area (Å²) in [5.41, 5.74) is 0.761. The van der Waals surface area contributed by atoms with E-state index in [1.54, 1.807) is 18.2 Å². The molecule has 17 heavy (non-hydrogen) atoms. The van der Waals surface area contributed by atoms with E-state index in [2.05, 4.69) is 10.2 Å². The molecular weight excluding hydrogens is 259 g/mol. The SMILES string of the molecule is CN(C)CCNC(CO)c1c(Cl)cccc1Cl. The van der Waals surface area contributed by atoms with Crippen LogP contribution in [0.5, 0.6) is 0 Å². The maximum absolute atomic E-state index is 9.40. The Morgan fingerprint density at radius 1 is 1.29 bits per heavy atom. The van der Waals surface area contributed by atoms with E-state index in [1.165, 1.54) is 0 Å². The molecule has 0 saturated carbocycles. The van der Waals surface area contributed by atoms with Gasteiger partial charge in [-0.05, 0) is 26.2 Å². The quantitative estimate of drug-likeness (QED) is 0.836. The van der Waals surface area contributed by atoms with Crippen LogP contribution in [0, 0.1) is 0 Å². The van der Waals surface area contributed by atoms with Gasteiger partial charge in [0.05, 0.1) is 12.6 Å². The van der Waals surface area contributed by atoms with Gasteiger partial charge >= 0.3 is 0 Å². The molecule has 0 fully saturated rings. The van der Waals surface area contributed by atoms with Crippen LogP contribution in [0.2, 0.25) is 10.0 Å². The van der Waals surface area contributed by atoms with Crippen molar-refractivity contribution in [3.05, 3.63) is 33.8 Å². The predicted octanol–water partition coefficient (Wildman–Crippen LogP) is 2.18. The number of nitrogens with zero attached hydrogens (tertiary/aromatic N) is 1. The van der Waals surface area contributed by atoms with E-state index in [-0.39, 0.29) is 12.6 Å². The summed E-state index contributed by atoms with van der Waals surface area (Å²) >= 11 is 12.2. The first-order valence-corrected chi connectivity index (χ1v) is 6.24. The number of aliphatic hydroxyl groups excluding tert-OH is 1. The van der Waals surface area contributed by atoms with Crippen LogP contribution < -0.4 is 5.32 Å². The number of nitrogens with one attached hydrogen (secondary N) is 1. The summed E-state index contributed by atoms with van der Waals surface area (Å²) in [6, 6.07) is 5.12. The molecule has 1 rings (SSSR count). The lowest BCUT2D eigenvalue weighted by Crippen LogP contribution is -2.31. The van der Waals surface area contributed by atoms with Crippen molar-refractivity contribution in [2.24, 2.45) is 0 Å². The van der Waals surface area contributed by atoms with Crippen molar-refractivity contribution >= 4 is 23.2 Å². The van der Waals surface area contributed by atoms with Gasteiger partial charge in [0, 0.05) is 28.7 Å². The zero-order chi connectivity index (χ0) is 12.8. The fourth-order valence-electron chi connectivity index (χ4n) is 1.56. The lowest BCUT2D eigenvalue weighted by atomic mass is 10.1. The van der Waals surface area contributed by atoms with Crippen molar-refractivity contribution in [3.63, 3.8) is 0 Å². The third-order valence-corrected chi connectivity index (χ3v) is 3.14. The lowest BCUT2D eigenvalue weighted by molar-refractivity contribution is 0.240. The molecule has 0 aliphatic carbocycles. The topological polar surface area (TPSA) is 35.5 Å². The highest BCUT2D eigenvalue weighted by atomic mass is 35.5. The monoisotopic (exact) mass is 276 g/mol. The fourth-order valence-corrected chi connectivity index (χ4v) is 2.22. The van der Waals surface area contributed by atoms with E-state index in [4.69, 9.17) is 23.2 Å². The molecule has 0 heterocycles. The number of aliphatic hydroxyl groups is 1. The predicted molar refractivity (Wildman–Crippen MR) is 72.8 cm³/mol. The molecule has 0 aliphatic heterocycles. The highest BCUT2D eigenvalue weighted by molar-refractivity contribution is 6.36. The van der Waals surface area contributed by atoms with Crippen LogP contribution in [-0.4, -0.2) is 43.8 Å². The number of hydrogen-bond acceptors (Lipinski definition) is 3. The van der Waals surface area contributed by atoms with E-state index in [9.17, 15) is 5.11 Å². The summed E-state index contributed by atoms with van der Waals surface area (Å²) in [6.45, 7) is 1.62. The molecule has 2 N–H and O–H groups in total. The first kappa shape index (κ1) is 14.7. The van der Waals surface area contributed by atoms with Crippen LogP contribution >= 0.6 is 23.2 Å². The molecule has 0 saturated heterocycles. The normalized spacial score (nSPS) is 13.1. The molecule has 1 atom stereocenters. The molecule has 5 heteroatoms. The molecule has 0 aromatic heterocycles. The van der Waals surface area contributed by atoms with E-state index >= 15 is 0 Å². The second kappa shape index (κ2) is 7.19. The van der Waals surface area contributed by atoms with Crippen molar-refractivity contribution in [1.82, 2.24) is 10.2 Å². The summed E-state index contributed by atoms with van der Waals surface area (Å²) < 4.78 is 0. The molecule has 1 aromatic carbocycles. The van der Waals surface area contributed by atoms with Crippen LogP contribution in [0.25, 0.3) is 0 Å². The molecule has 0 aliphatic rings. The molecule has 0 radical (unpaired) electrons. The Balaban J connectivity index is 2.72. The minimum absolute atomic E-state index is 0.0309. The Bertz CT molecular complexity index is 338. The number of hydrogen-bond donors (Lipinski definition) is 2. The maximum Gasteiger partial charge on any atom is 0.0627 e. The van der Waals surface area contributed by atoms with Gasteiger partial charge in [0.15, 0.2) is 0 Å². The van der Waals surface area contributed by atoms with Gasteiger partial charge in [-0.25, -0.2) is 0 Å². The second-order valence-corrected chi connectivity index (χ2v) is 4.94. The van der Waals surface area contributed by atoms with Crippen molar-refractivity contribution in [3.8, 4) is 0 Å². The summed E-state index contributed by atoms with van der Waals surface area (Å²) in [7, 11) is 4.00. The molecule has 0 spiro atoms. The lowest BCUT2D eigenvalue weighted by Gasteiger charge is -2.20. The van der Waals surface area contributed by atoms with Gasteiger partial charge in [0.2, 0.25) is 0 Å². The van der Waals surface area contributed by atoms with Gasteiger partial charge in [0.25, 0.3) is 0 Å². The van der Waals surface area contributed by atoms with Gasteiger partial charge in [-0.1, -0.05) is 29.3 Å². The van der Waals surface area contributed by atoms with E-state index < -0.39 is 0 Å². The number of halogens is 2. The van der Waals surface area contributed by atoms with Gasteiger partial charge in [-0.3, -0.25) is 0 Å². The van der Waals surface area contributed by atoms with Crippen molar-refractivity contribution in [1.29, 1.82) is 0 Å². The van der Waals surface area contributed by atoms with E-state index in [1.807, 2.05) is 14.1 Å². The largest absolute Gasteiger partial charge is 0.394 e. The fraction of sp³-hybridized carbons (Fsp3) is 0.500. The molecule has 1 unspecified atom stereocenters. The highest BCUT2D eigenvalue weighted by Gasteiger charge is 2.16. The van der Waals surface area contributed by atoms with Gasteiger partial charge in [0.1, 0.15) is 0 Å². The summed E-state index contributed by atoms with van der Waals surface area (Å²) in [5.74, 6) is 0. The molecule has 0 amide bonds. The Kier molecular flexibility index (Phi) is 6.23. The van der Waals surface area contributed by atoms with Crippen LogP contribution in [-0.2, 0) is 0 Å². The van der Waals surface area contributed by atoms with Crippen LogP contribution in [0.15, 0.2) is 18.2 Å². The van der Waals surface area contributed by atoms with Crippen LogP contribution in [0.3, 0.4) is 0 Å².